The van der Waals surface area contributed by atoms with Crippen LogP contribution < -0.4 is 0 Å². The Morgan fingerprint density at radius 2 is 2.00 bits per heavy atom. The van der Waals surface area contributed by atoms with Gasteiger partial charge in [0, 0.05) is 0 Å². The molecule has 17 heavy (non-hydrogen) atoms. The van der Waals surface area contributed by atoms with Crippen molar-refractivity contribution in [3.63, 3.8) is 0 Å². The Labute approximate surface area is 104 Å². The molecule has 90 valence electrons. The van der Waals surface area contributed by atoms with E-state index in [2.05, 4.69) is 44.2 Å². The van der Waals surface area contributed by atoms with Crippen LogP contribution >= 0.6 is 0 Å². The van der Waals surface area contributed by atoms with Crippen molar-refractivity contribution in [1.29, 1.82) is 0 Å². The maximum absolute atomic E-state index is 5.78. The standard InChI is InChI=1S/C16H20O/c1-3-16(2)11-9-15(10-12-16)17-13-14-7-5-4-6-8-14/h4-11H,3,12-13H2,1-2H3. The monoisotopic (exact) mass is 228 g/mol. The minimum atomic E-state index is 0.319. The molecule has 0 N–H and O–H groups in total. The largest absolute Gasteiger partial charge is 0.489 e. The summed E-state index contributed by atoms with van der Waals surface area (Å²) in [7, 11) is 0. The zero-order valence-electron chi connectivity index (χ0n) is 10.6. The average molecular weight is 228 g/mol. The lowest BCUT2D eigenvalue weighted by Gasteiger charge is -2.26. The van der Waals surface area contributed by atoms with E-state index in [4.69, 9.17) is 4.74 Å². The third-order valence-corrected chi connectivity index (χ3v) is 3.48. The predicted octanol–water partition coefficient (Wildman–Crippen LogP) is 4.46. The molecule has 0 heterocycles. The van der Waals surface area contributed by atoms with Gasteiger partial charge in [0.1, 0.15) is 12.4 Å². The lowest BCUT2D eigenvalue weighted by molar-refractivity contribution is 0.204. The van der Waals surface area contributed by atoms with Gasteiger partial charge in [-0.3, -0.25) is 0 Å². The second-order valence-corrected chi connectivity index (χ2v) is 4.93. The van der Waals surface area contributed by atoms with Gasteiger partial charge in [-0.2, -0.15) is 0 Å². The van der Waals surface area contributed by atoms with Gasteiger partial charge in [-0.15, -0.1) is 0 Å². The molecule has 1 aliphatic carbocycles. The smallest absolute Gasteiger partial charge is 0.115 e. The summed E-state index contributed by atoms with van der Waals surface area (Å²) in [5, 5.41) is 0. The first-order valence-corrected chi connectivity index (χ1v) is 6.28. The van der Waals surface area contributed by atoms with Gasteiger partial charge >= 0.3 is 0 Å². The van der Waals surface area contributed by atoms with Crippen LogP contribution in [-0.2, 0) is 11.3 Å². The van der Waals surface area contributed by atoms with Gasteiger partial charge in [0.15, 0.2) is 0 Å². The molecule has 1 atom stereocenters. The number of hydrogen-bond donors (Lipinski definition) is 0. The van der Waals surface area contributed by atoms with Gasteiger partial charge in [0.25, 0.3) is 0 Å². The minimum absolute atomic E-state index is 0.319. The Bertz CT molecular complexity index is 416. The first-order valence-electron chi connectivity index (χ1n) is 6.28. The van der Waals surface area contributed by atoms with Crippen LogP contribution in [0.15, 0.2) is 54.3 Å². The van der Waals surface area contributed by atoms with E-state index in [-0.39, 0.29) is 0 Å². The van der Waals surface area contributed by atoms with Crippen LogP contribution in [-0.4, -0.2) is 0 Å². The van der Waals surface area contributed by atoms with Crippen molar-refractivity contribution in [2.24, 2.45) is 5.41 Å². The predicted molar refractivity (Wildman–Crippen MR) is 71.5 cm³/mol. The molecule has 0 amide bonds. The Morgan fingerprint density at radius 1 is 1.24 bits per heavy atom. The van der Waals surface area contributed by atoms with Gasteiger partial charge in [-0.05, 0) is 36.0 Å². The van der Waals surface area contributed by atoms with Crippen LogP contribution in [0, 0.1) is 5.41 Å². The number of allylic oxidation sites excluding steroid dienone is 3. The van der Waals surface area contributed by atoms with Gasteiger partial charge in [0.2, 0.25) is 0 Å². The first-order chi connectivity index (χ1) is 8.22. The fourth-order valence-corrected chi connectivity index (χ4v) is 1.86. The van der Waals surface area contributed by atoms with Gasteiger partial charge in [-0.25, -0.2) is 0 Å². The number of hydrogen-bond acceptors (Lipinski definition) is 1. The summed E-state index contributed by atoms with van der Waals surface area (Å²) in [6.45, 7) is 5.17. The SMILES string of the molecule is CCC1(C)C=CC(OCc2ccccc2)=CC1. The van der Waals surface area contributed by atoms with Crippen LogP contribution in [0.4, 0.5) is 0 Å². The first kappa shape index (κ1) is 12.0. The van der Waals surface area contributed by atoms with Crippen LogP contribution in [0.1, 0.15) is 32.3 Å². The minimum Gasteiger partial charge on any atom is -0.489 e. The zero-order valence-corrected chi connectivity index (χ0v) is 10.6. The maximum atomic E-state index is 5.78. The molecule has 2 rings (SSSR count). The number of benzene rings is 1. The molecule has 0 saturated carbocycles. The van der Waals surface area contributed by atoms with E-state index in [1.54, 1.807) is 0 Å². The topological polar surface area (TPSA) is 9.23 Å². The van der Waals surface area contributed by atoms with Crippen molar-refractivity contribution in [3.05, 3.63) is 59.9 Å². The number of rotatable bonds is 4. The highest BCUT2D eigenvalue weighted by molar-refractivity contribution is 5.22. The molecule has 1 aliphatic rings. The normalized spacial score (nSPS) is 23.3. The average Bonchev–Trinajstić information content (AvgIpc) is 2.39. The number of ether oxygens (including phenoxy) is 1. The molecular formula is C16H20O. The molecule has 0 bridgehead atoms. The van der Waals surface area contributed by atoms with Gasteiger partial charge in [0.05, 0.1) is 0 Å². The summed E-state index contributed by atoms with van der Waals surface area (Å²) in [6.07, 6.45) is 8.83. The Morgan fingerprint density at radius 3 is 2.59 bits per heavy atom. The summed E-state index contributed by atoms with van der Waals surface area (Å²) < 4.78 is 5.78. The van der Waals surface area contributed by atoms with Crippen LogP contribution in [0.25, 0.3) is 0 Å². The Kier molecular flexibility index (Phi) is 3.68. The second kappa shape index (κ2) is 5.22. The summed E-state index contributed by atoms with van der Waals surface area (Å²) in [6, 6.07) is 10.3. The molecular weight excluding hydrogens is 208 g/mol. The lowest BCUT2D eigenvalue weighted by atomic mass is 9.81. The zero-order chi connectivity index (χ0) is 12.1. The molecule has 1 heteroatoms. The van der Waals surface area contributed by atoms with Crippen LogP contribution in [0.3, 0.4) is 0 Å². The van der Waals surface area contributed by atoms with Crippen LogP contribution in [0.2, 0.25) is 0 Å². The van der Waals surface area contributed by atoms with E-state index < -0.39 is 0 Å². The second-order valence-electron chi connectivity index (χ2n) is 4.93. The third-order valence-electron chi connectivity index (χ3n) is 3.48. The van der Waals surface area contributed by atoms with Crippen molar-refractivity contribution in [2.45, 2.75) is 33.3 Å². The van der Waals surface area contributed by atoms with Gasteiger partial charge in [-0.1, -0.05) is 50.3 Å². The quantitative estimate of drug-likeness (QED) is 0.739. The highest BCUT2D eigenvalue weighted by atomic mass is 16.5. The van der Waals surface area contributed by atoms with E-state index >= 15 is 0 Å². The molecule has 1 nitrogen and oxygen atoms in total. The van der Waals surface area contributed by atoms with E-state index in [1.165, 1.54) is 12.0 Å². The maximum Gasteiger partial charge on any atom is 0.115 e. The Balaban J connectivity index is 1.89. The molecule has 0 radical (unpaired) electrons. The summed E-state index contributed by atoms with van der Waals surface area (Å²) in [5.41, 5.74) is 1.53. The molecule has 0 saturated heterocycles. The Hall–Kier alpha value is -1.50. The van der Waals surface area contributed by atoms with E-state index in [1.807, 2.05) is 18.2 Å². The fourth-order valence-electron chi connectivity index (χ4n) is 1.86. The van der Waals surface area contributed by atoms with Crippen LogP contribution in [0.5, 0.6) is 0 Å². The van der Waals surface area contributed by atoms with Crippen molar-refractivity contribution >= 4 is 0 Å². The van der Waals surface area contributed by atoms with E-state index in [9.17, 15) is 0 Å². The molecule has 0 aromatic heterocycles. The summed E-state index contributed by atoms with van der Waals surface area (Å²) in [4.78, 5) is 0. The molecule has 1 aromatic carbocycles. The van der Waals surface area contributed by atoms with Crippen molar-refractivity contribution in [1.82, 2.24) is 0 Å². The van der Waals surface area contributed by atoms with E-state index in [0.29, 0.717) is 12.0 Å². The molecule has 0 aliphatic heterocycles. The fraction of sp³-hybridized carbons (Fsp3) is 0.375. The highest BCUT2D eigenvalue weighted by Gasteiger charge is 2.20. The highest BCUT2D eigenvalue weighted by Crippen LogP contribution is 2.32. The summed E-state index contributed by atoms with van der Waals surface area (Å²) >= 11 is 0. The van der Waals surface area contributed by atoms with Crippen molar-refractivity contribution < 1.29 is 4.74 Å². The van der Waals surface area contributed by atoms with E-state index in [0.717, 1.165) is 12.2 Å². The van der Waals surface area contributed by atoms with Gasteiger partial charge < -0.3 is 4.74 Å². The molecule has 1 aromatic rings. The molecule has 0 spiro atoms. The summed E-state index contributed by atoms with van der Waals surface area (Å²) in [5.74, 6) is 1.000. The third kappa shape index (κ3) is 3.23. The van der Waals surface area contributed by atoms with Crippen molar-refractivity contribution in [3.8, 4) is 0 Å². The molecule has 0 fully saturated rings. The molecule has 1 unspecified atom stereocenters. The van der Waals surface area contributed by atoms with Crippen molar-refractivity contribution in [2.75, 3.05) is 0 Å². The lowest BCUT2D eigenvalue weighted by Crippen LogP contribution is -2.13.